The number of nitrogens with two attached hydrogens (primary N) is 1. The first-order valence-corrected chi connectivity index (χ1v) is 18.6. The van der Waals surface area contributed by atoms with Gasteiger partial charge >= 0.3 is 0 Å². The monoisotopic (exact) mass is 680 g/mol. The number of allylic oxidation sites excluding steroid dienone is 1. The Kier molecular flexibility index (Phi) is 7.25. The summed E-state index contributed by atoms with van der Waals surface area (Å²) in [6.07, 6.45) is 2.72. The van der Waals surface area contributed by atoms with Crippen molar-refractivity contribution in [1.82, 2.24) is 5.32 Å². The summed E-state index contributed by atoms with van der Waals surface area (Å²) >= 11 is 0. The first-order chi connectivity index (χ1) is 25.9. The quantitative estimate of drug-likeness (QED) is 0.164. The molecule has 254 valence electrons. The molecule has 0 fully saturated rings. The lowest BCUT2D eigenvalue weighted by Gasteiger charge is -2.22. The lowest BCUT2D eigenvalue weighted by molar-refractivity contribution is 0.661. The number of nitrogens with one attached hydrogen (secondary N) is 1. The van der Waals surface area contributed by atoms with Crippen molar-refractivity contribution in [1.29, 1.82) is 0 Å². The molecular formula is C51H40N2. The third-order valence-corrected chi connectivity index (χ3v) is 11.6. The van der Waals surface area contributed by atoms with Crippen LogP contribution in [0.15, 0.2) is 170 Å². The maximum atomic E-state index is 6.87. The fourth-order valence-corrected chi connectivity index (χ4v) is 8.92. The van der Waals surface area contributed by atoms with Crippen LogP contribution in [0.25, 0.3) is 71.7 Å². The van der Waals surface area contributed by atoms with Gasteiger partial charge < -0.3 is 11.1 Å². The van der Waals surface area contributed by atoms with E-state index in [1.807, 2.05) is 18.2 Å². The molecule has 2 heteroatoms. The van der Waals surface area contributed by atoms with Crippen LogP contribution in [0.5, 0.6) is 0 Å². The Bertz CT molecular complexity index is 2760. The summed E-state index contributed by atoms with van der Waals surface area (Å²) in [4.78, 5) is 0. The average Bonchev–Trinajstić information content (AvgIpc) is 3.64. The molecule has 1 unspecified atom stereocenters. The molecule has 0 aromatic heterocycles. The molecule has 2 aliphatic rings. The molecule has 0 spiro atoms. The first kappa shape index (κ1) is 31.5. The fraction of sp³-hybridized carbons (Fsp3) is 0.0980. The molecule has 3 N–H and O–H groups in total. The summed E-state index contributed by atoms with van der Waals surface area (Å²) in [7, 11) is 0. The minimum Gasteiger partial charge on any atom is -0.366 e. The Morgan fingerprint density at radius 2 is 1.25 bits per heavy atom. The molecular weight excluding hydrogens is 641 g/mol. The summed E-state index contributed by atoms with van der Waals surface area (Å²) in [5, 5.41) is 8.94. The van der Waals surface area contributed by atoms with Gasteiger partial charge in [-0.2, -0.15) is 0 Å². The van der Waals surface area contributed by atoms with Crippen LogP contribution in [0.1, 0.15) is 47.8 Å². The smallest absolute Gasteiger partial charge is 0.101 e. The first-order valence-electron chi connectivity index (χ1n) is 18.6. The highest BCUT2D eigenvalue weighted by Crippen LogP contribution is 2.53. The molecule has 1 atom stereocenters. The van der Waals surface area contributed by atoms with Crippen molar-refractivity contribution >= 4 is 27.2 Å². The molecule has 2 nitrogen and oxygen atoms in total. The van der Waals surface area contributed by atoms with Gasteiger partial charge in [0.25, 0.3) is 0 Å². The summed E-state index contributed by atoms with van der Waals surface area (Å²) in [5.74, 6) is 0. The van der Waals surface area contributed by atoms with Gasteiger partial charge in [0.1, 0.15) is 6.17 Å². The highest BCUT2D eigenvalue weighted by atomic mass is 15.0. The Morgan fingerprint density at radius 3 is 2.06 bits per heavy atom. The van der Waals surface area contributed by atoms with E-state index in [1.54, 1.807) is 0 Å². The zero-order chi connectivity index (χ0) is 35.7. The zero-order valence-electron chi connectivity index (χ0n) is 30.0. The maximum absolute atomic E-state index is 6.87. The fourth-order valence-electron chi connectivity index (χ4n) is 8.92. The zero-order valence-corrected chi connectivity index (χ0v) is 30.0. The van der Waals surface area contributed by atoms with Gasteiger partial charge in [-0.05, 0) is 118 Å². The maximum Gasteiger partial charge on any atom is 0.101 e. The van der Waals surface area contributed by atoms with Crippen LogP contribution in [-0.2, 0) is 11.8 Å². The van der Waals surface area contributed by atoms with Crippen LogP contribution in [0.3, 0.4) is 0 Å². The SMILES string of the molecule is CC1(C)c2cc3ccccc3cc2-c2c(-c3cccc(/C(=C/Cc4ccc5c(c4)-c4cccc6cccc-5c46)NC(N)c4ccccc4)c3)cccc21. The van der Waals surface area contributed by atoms with Gasteiger partial charge in [0.15, 0.2) is 0 Å². The highest BCUT2D eigenvalue weighted by molar-refractivity contribution is 6.15. The van der Waals surface area contributed by atoms with E-state index in [-0.39, 0.29) is 11.6 Å². The third kappa shape index (κ3) is 5.13. The van der Waals surface area contributed by atoms with E-state index >= 15 is 0 Å². The van der Waals surface area contributed by atoms with Crippen molar-refractivity contribution in [3.8, 4) is 44.5 Å². The van der Waals surface area contributed by atoms with E-state index in [1.165, 1.54) is 82.7 Å². The van der Waals surface area contributed by atoms with Crippen LogP contribution in [0, 0.1) is 0 Å². The van der Waals surface area contributed by atoms with Gasteiger partial charge in [0, 0.05) is 11.1 Å². The second-order valence-corrected chi connectivity index (χ2v) is 15.1. The van der Waals surface area contributed by atoms with Crippen LogP contribution in [0.2, 0.25) is 0 Å². The molecule has 0 radical (unpaired) electrons. The van der Waals surface area contributed by atoms with Crippen LogP contribution in [0.4, 0.5) is 0 Å². The summed E-state index contributed by atoms with van der Waals surface area (Å²) < 4.78 is 0. The molecule has 0 bridgehead atoms. The molecule has 0 saturated heterocycles. The second kappa shape index (κ2) is 12.2. The van der Waals surface area contributed by atoms with Crippen molar-refractivity contribution in [3.63, 3.8) is 0 Å². The Hall–Kier alpha value is -6.22. The van der Waals surface area contributed by atoms with Crippen LogP contribution in [-0.4, -0.2) is 0 Å². The molecule has 8 aromatic carbocycles. The predicted octanol–water partition coefficient (Wildman–Crippen LogP) is 12.4. The Morgan fingerprint density at radius 1 is 0.566 bits per heavy atom. The lowest BCUT2D eigenvalue weighted by Crippen LogP contribution is -2.27. The van der Waals surface area contributed by atoms with Gasteiger partial charge in [-0.1, -0.05) is 166 Å². The van der Waals surface area contributed by atoms with E-state index in [2.05, 4.69) is 171 Å². The van der Waals surface area contributed by atoms with Gasteiger partial charge in [0.05, 0.1) is 0 Å². The third-order valence-electron chi connectivity index (χ3n) is 11.6. The molecule has 10 rings (SSSR count). The van der Waals surface area contributed by atoms with E-state index in [4.69, 9.17) is 5.73 Å². The topological polar surface area (TPSA) is 38.0 Å². The molecule has 0 heterocycles. The van der Waals surface area contributed by atoms with E-state index in [9.17, 15) is 0 Å². The largest absolute Gasteiger partial charge is 0.366 e. The van der Waals surface area contributed by atoms with Crippen molar-refractivity contribution in [3.05, 3.63) is 198 Å². The number of benzene rings is 8. The number of hydrogen-bond acceptors (Lipinski definition) is 2. The number of hydrogen-bond donors (Lipinski definition) is 2. The van der Waals surface area contributed by atoms with Gasteiger partial charge in [-0.15, -0.1) is 0 Å². The van der Waals surface area contributed by atoms with Gasteiger partial charge in [0.2, 0.25) is 0 Å². The normalized spacial score (nSPS) is 14.2. The Balaban J connectivity index is 1.06. The van der Waals surface area contributed by atoms with Crippen LogP contribution >= 0.6 is 0 Å². The standard InChI is InChI=1S/C51H40N2/c1-51(2)45-23-11-20-39(49(45)44-30-35-14-6-7-15-36(35)31-46(44)51)37-18-8-19-38(29-37)47(53-50(52)34-12-4-3-5-13-34)27-25-32-24-26-40-41-21-9-16-33-17-10-22-42(48(33)41)43(40)28-32/h3-24,26-31,50,53H,25,52H2,1-2H3/b47-27-. The average molecular weight is 681 g/mol. The molecule has 0 aliphatic heterocycles. The van der Waals surface area contributed by atoms with Crippen molar-refractivity contribution in [2.24, 2.45) is 5.73 Å². The van der Waals surface area contributed by atoms with E-state index in [0.29, 0.717) is 0 Å². The van der Waals surface area contributed by atoms with Gasteiger partial charge in [-0.25, -0.2) is 0 Å². The number of rotatable bonds is 7. The van der Waals surface area contributed by atoms with Gasteiger partial charge in [-0.3, -0.25) is 0 Å². The molecule has 8 aromatic rings. The predicted molar refractivity (Wildman–Crippen MR) is 224 cm³/mol. The van der Waals surface area contributed by atoms with Crippen molar-refractivity contribution < 1.29 is 0 Å². The van der Waals surface area contributed by atoms with E-state index < -0.39 is 0 Å². The lowest BCUT2D eigenvalue weighted by atomic mass is 9.81. The minimum absolute atomic E-state index is 0.0971. The number of fused-ring (bicyclic) bond motifs is 7. The highest BCUT2D eigenvalue weighted by Gasteiger charge is 2.37. The van der Waals surface area contributed by atoms with Crippen molar-refractivity contribution in [2.45, 2.75) is 31.8 Å². The molecule has 0 saturated carbocycles. The molecule has 2 aliphatic carbocycles. The van der Waals surface area contributed by atoms with E-state index in [0.717, 1.165) is 23.2 Å². The summed E-state index contributed by atoms with van der Waals surface area (Å²) in [6, 6.07) is 59.8. The van der Waals surface area contributed by atoms with Crippen LogP contribution < -0.4 is 11.1 Å². The minimum atomic E-state index is -0.361. The summed E-state index contributed by atoms with van der Waals surface area (Å²) in [6.45, 7) is 4.72. The van der Waals surface area contributed by atoms with Crippen molar-refractivity contribution in [2.75, 3.05) is 0 Å². The Labute approximate surface area is 311 Å². The second-order valence-electron chi connectivity index (χ2n) is 15.1. The molecule has 0 amide bonds. The molecule has 53 heavy (non-hydrogen) atoms. The summed E-state index contributed by atoms with van der Waals surface area (Å²) in [5.41, 5.74) is 24.4.